The van der Waals surface area contributed by atoms with Crippen molar-refractivity contribution in [3.63, 3.8) is 0 Å². The number of esters is 1. The number of alkyl halides is 2. The third-order valence-electron chi connectivity index (χ3n) is 1.71. The highest BCUT2D eigenvalue weighted by atomic mass is 79.9. The molecule has 1 aromatic heterocycles. The van der Waals surface area contributed by atoms with Crippen molar-refractivity contribution in [2.75, 3.05) is 6.61 Å². The molecule has 7 heteroatoms. The van der Waals surface area contributed by atoms with Gasteiger partial charge in [0, 0.05) is 0 Å². The van der Waals surface area contributed by atoms with Crippen LogP contribution in [0.25, 0.3) is 0 Å². The van der Waals surface area contributed by atoms with Gasteiger partial charge in [-0.1, -0.05) is 0 Å². The smallest absolute Gasteiger partial charge is 0.359 e. The monoisotopic (exact) mass is 294 g/mol. The lowest BCUT2D eigenvalue weighted by molar-refractivity contribution is 0.0505. The second kappa shape index (κ2) is 5.29. The van der Waals surface area contributed by atoms with Crippen LogP contribution in [0.4, 0.5) is 8.78 Å². The van der Waals surface area contributed by atoms with Crippen LogP contribution in [0.3, 0.4) is 0 Å². The summed E-state index contributed by atoms with van der Waals surface area (Å²) in [5, 5.41) is 0. The van der Waals surface area contributed by atoms with E-state index in [4.69, 9.17) is 0 Å². The molecule has 1 rings (SSSR count). The van der Waals surface area contributed by atoms with Gasteiger partial charge in [0.25, 0.3) is 6.43 Å². The van der Waals surface area contributed by atoms with Gasteiger partial charge in [0.05, 0.1) is 12.3 Å². The third kappa shape index (κ3) is 2.72. The molecule has 0 aromatic carbocycles. The van der Waals surface area contributed by atoms with Gasteiger partial charge in [-0.05, 0) is 29.8 Å². The van der Waals surface area contributed by atoms with Crippen molar-refractivity contribution in [3.05, 3.63) is 21.7 Å². The van der Waals surface area contributed by atoms with Crippen LogP contribution in [0.5, 0.6) is 0 Å². The summed E-state index contributed by atoms with van der Waals surface area (Å²) in [5.74, 6) is -0.897. The van der Waals surface area contributed by atoms with E-state index in [1.807, 2.05) is 0 Å². The number of aryl methyl sites for hydroxylation is 1. The molecule has 0 radical (unpaired) electrons. The standard InChI is InChI=1S/C9H9BrF2N2O2/c1-3-16-9(15)6-5(8(11)12)13-4(2)7(10)14-6/h8H,3H2,1-2H3. The number of ether oxygens (including phenoxy) is 1. The Kier molecular flexibility index (Phi) is 4.28. The van der Waals surface area contributed by atoms with Crippen LogP contribution in [-0.2, 0) is 4.74 Å². The predicted molar refractivity (Wildman–Crippen MR) is 55.4 cm³/mol. The lowest BCUT2D eigenvalue weighted by Gasteiger charge is -2.08. The maximum absolute atomic E-state index is 12.6. The Morgan fingerprint density at radius 2 is 2.12 bits per heavy atom. The van der Waals surface area contributed by atoms with Crippen LogP contribution < -0.4 is 0 Å². The number of carbonyl (C=O) groups is 1. The minimum atomic E-state index is -2.86. The summed E-state index contributed by atoms with van der Waals surface area (Å²) in [7, 11) is 0. The molecule has 0 fully saturated rings. The van der Waals surface area contributed by atoms with Crippen molar-refractivity contribution >= 4 is 21.9 Å². The molecule has 1 aromatic rings. The maximum Gasteiger partial charge on any atom is 0.359 e. The summed E-state index contributed by atoms with van der Waals surface area (Å²) in [5.41, 5.74) is -0.808. The molecule has 0 bridgehead atoms. The van der Waals surface area contributed by atoms with Crippen molar-refractivity contribution < 1.29 is 18.3 Å². The fourth-order valence-electron chi connectivity index (χ4n) is 1.02. The van der Waals surface area contributed by atoms with Gasteiger partial charge >= 0.3 is 5.97 Å². The van der Waals surface area contributed by atoms with Crippen LogP contribution in [-0.4, -0.2) is 22.5 Å². The normalized spacial score (nSPS) is 10.6. The average Bonchev–Trinajstić information content (AvgIpc) is 2.21. The molecule has 0 saturated carbocycles. The van der Waals surface area contributed by atoms with Crippen LogP contribution in [0.15, 0.2) is 4.60 Å². The molecule has 0 saturated heterocycles. The molecule has 1 heterocycles. The van der Waals surface area contributed by atoms with E-state index < -0.39 is 23.8 Å². The summed E-state index contributed by atoms with van der Waals surface area (Å²) >= 11 is 3.02. The highest BCUT2D eigenvalue weighted by molar-refractivity contribution is 9.10. The summed E-state index contributed by atoms with van der Waals surface area (Å²) in [4.78, 5) is 18.7. The molecule has 0 aliphatic rings. The molecular formula is C9H9BrF2N2O2. The highest BCUT2D eigenvalue weighted by Gasteiger charge is 2.24. The first-order valence-electron chi connectivity index (χ1n) is 4.46. The van der Waals surface area contributed by atoms with E-state index in [0.717, 1.165) is 0 Å². The van der Waals surface area contributed by atoms with Gasteiger partial charge in [0.1, 0.15) is 10.3 Å². The first-order chi connectivity index (χ1) is 7.47. The number of aromatic nitrogens is 2. The molecule has 4 nitrogen and oxygen atoms in total. The summed E-state index contributed by atoms with van der Waals surface area (Å²) in [6, 6.07) is 0. The summed E-state index contributed by atoms with van der Waals surface area (Å²) in [6.07, 6.45) is -2.86. The number of hydrogen-bond acceptors (Lipinski definition) is 4. The zero-order valence-electron chi connectivity index (χ0n) is 8.63. The Bertz CT molecular complexity index is 413. The first-order valence-corrected chi connectivity index (χ1v) is 5.26. The van der Waals surface area contributed by atoms with Gasteiger partial charge in [0.15, 0.2) is 5.69 Å². The SMILES string of the molecule is CCOC(=O)c1nc(Br)c(C)nc1C(F)F. The van der Waals surface area contributed by atoms with Crippen LogP contribution in [0.1, 0.15) is 35.2 Å². The molecule has 88 valence electrons. The summed E-state index contributed by atoms with van der Waals surface area (Å²) in [6.45, 7) is 3.18. The quantitative estimate of drug-likeness (QED) is 0.804. The van der Waals surface area contributed by atoms with Crippen LogP contribution >= 0.6 is 15.9 Å². The molecular weight excluding hydrogens is 286 g/mol. The van der Waals surface area contributed by atoms with E-state index in [9.17, 15) is 13.6 Å². The molecule has 0 spiro atoms. The largest absolute Gasteiger partial charge is 0.461 e. The van der Waals surface area contributed by atoms with Crippen LogP contribution in [0, 0.1) is 6.92 Å². The molecule has 0 N–H and O–H groups in total. The number of nitrogens with zero attached hydrogens (tertiary/aromatic N) is 2. The number of halogens is 3. The van der Waals surface area contributed by atoms with E-state index in [2.05, 4.69) is 30.6 Å². The zero-order chi connectivity index (χ0) is 12.3. The van der Waals surface area contributed by atoms with Crippen LogP contribution in [0.2, 0.25) is 0 Å². The highest BCUT2D eigenvalue weighted by Crippen LogP contribution is 2.23. The van der Waals surface area contributed by atoms with Gasteiger partial charge in [-0.3, -0.25) is 0 Å². The second-order valence-corrected chi connectivity index (χ2v) is 3.61. The molecule has 0 aliphatic carbocycles. The molecule has 0 amide bonds. The van der Waals surface area contributed by atoms with Crippen molar-refractivity contribution in [3.8, 4) is 0 Å². The molecule has 0 atom stereocenters. The van der Waals surface area contributed by atoms with Crippen molar-refractivity contribution in [2.45, 2.75) is 20.3 Å². The number of carbonyl (C=O) groups excluding carboxylic acids is 1. The Morgan fingerprint density at radius 3 is 2.62 bits per heavy atom. The number of rotatable bonds is 3. The third-order valence-corrected chi connectivity index (χ3v) is 2.47. The van der Waals surface area contributed by atoms with Gasteiger partial charge < -0.3 is 4.74 Å². The Hall–Kier alpha value is -1.11. The average molecular weight is 295 g/mol. The Morgan fingerprint density at radius 1 is 1.50 bits per heavy atom. The van der Waals surface area contributed by atoms with Crippen molar-refractivity contribution in [2.24, 2.45) is 0 Å². The van der Waals surface area contributed by atoms with E-state index in [0.29, 0.717) is 5.69 Å². The molecule has 0 aliphatic heterocycles. The maximum atomic E-state index is 12.6. The lowest BCUT2D eigenvalue weighted by Crippen LogP contribution is -2.14. The molecule has 16 heavy (non-hydrogen) atoms. The number of hydrogen-bond donors (Lipinski definition) is 0. The minimum Gasteiger partial charge on any atom is -0.461 e. The lowest BCUT2D eigenvalue weighted by atomic mass is 10.3. The van der Waals surface area contributed by atoms with E-state index in [-0.39, 0.29) is 11.2 Å². The Balaban J connectivity index is 3.24. The first kappa shape index (κ1) is 13.0. The van der Waals surface area contributed by atoms with E-state index in [1.54, 1.807) is 6.92 Å². The fraction of sp³-hybridized carbons (Fsp3) is 0.444. The topological polar surface area (TPSA) is 52.1 Å². The van der Waals surface area contributed by atoms with Crippen molar-refractivity contribution in [1.29, 1.82) is 0 Å². The van der Waals surface area contributed by atoms with Crippen molar-refractivity contribution in [1.82, 2.24) is 9.97 Å². The van der Waals surface area contributed by atoms with E-state index >= 15 is 0 Å². The predicted octanol–water partition coefficient (Wildman–Crippen LogP) is 2.66. The zero-order valence-corrected chi connectivity index (χ0v) is 10.2. The van der Waals surface area contributed by atoms with Gasteiger partial charge in [0.2, 0.25) is 0 Å². The molecule has 0 unspecified atom stereocenters. The van der Waals surface area contributed by atoms with Gasteiger partial charge in [-0.25, -0.2) is 23.5 Å². The minimum absolute atomic E-state index is 0.0920. The van der Waals surface area contributed by atoms with E-state index in [1.165, 1.54) is 6.92 Å². The second-order valence-electron chi connectivity index (χ2n) is 2.85. The summed E-state index contributed by atoms with van der Waals surface area (Å²) < 4.78 is 30.1. The van der Waals surface area contributed by atoms with Gasteiger partial charge in [-0.2, -0.15) is 0 Å². The van der Waals surface area contributed by atoms with Gasteiger partial charge in [-0.15, -0.1) is 0 Å². The Labute approximate surface area is 99.2 Å². The fourth-order valence-corrected chi connectivity index (χ4v) is 1.28.